The van der Waals surface area contributed by atoms with Crippen molar-refractivity contribution in [2.24, 2.45) is 0 Å². The predicted octanol–water partition coefficient (Wildman–Crippen LogP) is 2.32. The summed E-state index contributed by atoms with van der Waals surface area (Å²) in [5.74, 6) is -0.366. The van der Waals surface area contributed by atoms with Gasteiger partial charge in [0.25, 0.3) is 0 Å². The molecule has 5 nitrogen and oxygen atoms in total. The van der Waals surface area contributed by atoms with Crippen LogP contribution in [-0.4, -0.2) is 31.7 Å². The van der Waals surface area contributed by atoms with Crippen molar-refractivity contribution in [1.82, 2.24) is 4.90 Å². The number of benzene rings is 1. The standard InChI is InChI=1S/C13H15FN2O3/c1-16(7-3-6-15)13(17)19-9-10-4-5-12(18-2)11(14)8-10/h4-5,8H,3,7,9H2,1-2H3. The van der Waals surface area contributed by atoms with E-state index in [1.165, 1.54) is 31.2 Å². The largest absolute Gasteiger partial charge is 0.494 e. The van der Waals surface area contributed by atoms with Gasteiger partial charge in [-0.3, -0.25) is 0 Å². The van der Waals surface area contributed by atoms with Gasteiger partial charge in [-0.05, 0) is 17.7 Å². The minimum atomic E-state index is -0.550. The SMILES string of the molecule is COc1ccc(COC(=O)N(C)CCC#N)cc1F. The Kier molecular flexibility index (Phi) is 5.61. The number of rotatable bonds is 5. The summed E-state index contributed by atoms with van der Waals surface area (Å²) >= 11 is 0. The molecule has 0 radical (unpaired) electrons. The van der Waals surface area contributed by atoms with Crippen LogP contribution in [0.3, 0.4) is 0 Å². The number of nitrogens with zero attached hydrogens (tertiary/aromatic N) is 2. The quantitative estimate of drug-likeness (QED) is 0.820. The molecular weight excluding hydrogens is 251 g/mol. The monoisotopic (exact) mass is 266 g/mol. The summed E-state index contributed by atoms with van der Waals surface area (Å²) in [6.07, 6.45) is -0.311. The molecule has 0 fully saturated rings. The highest BCUT2D eigenvalue weighted by Gasteiger charge is 2.10. The molecule has 1 aromatic carbocycles. The van der Waals surface area contributed by atoms with Gasteiger partial charge in [0.1, 0.15) is 6.61 Å². The van der Waals surface area contributed by atoms with Crippen LogP contribution < -0.4 is 4.74 Å². The Bertz CT molecular complexity index is 485. The van der Waals surface area contributed by atoms with E-state index < -0.39 is 11.9 Å². The van der Waals surface area contributed by atoms with Crippen LogP contribution in [0.1, 0.15) is 12.0 Å². The summed E-state index contributed by atoms with van der Waals surface area (Å²) in [5, 5.41) is 8.40. The van der Waals surface area contributed by atoms with Crippen molar-refractivity contribution in [1.29, 1.82) is 5.26 Å². The summed E-state index contributed by atoms with van der Waals surface area (Å²) in [6.45, 7) is 0.267. The van der Waals surface area contributed by atoms with Crippen LogP contribution in [0.25, 0.3) is 0 Å². The Labute approximate surface area is 111 Å². The van der Waals surface area contributed by atoms with E-state index in [2.05, 4.69) is 0 Å². The van der Waals surface area contributed by atoms with E-state index in [0.717, 1.165) is 0 Å². The molecule has 0 aliphatic carbocycles. The minimum absolute atomic E-state index is 0.0311. The van der Waals surface area contributed by atoms with Crippen LogP contribution in [-0.2, 0) is 11.3 Å². The fourth-order valence-electron chi connectivity index (χ4n) is 1.36. The van der Waals surface area contributed by atoms with E-state index in [1.807, 2.05) is 6.07 Å². The molecule has 0 aliphatic heterocycles. The number of methoxy groups -OCH3 is 1. The minimum Gasteiger partial charge on any atom is -0.494 e. The molecule has 19 heavy (non-hydrogen) atoms. The van der Waals surface area contributed by atoms with E-state index in [9.17, 15) is 9.18 Å². The average molecular weight is 266 g/mol. The summed E-state index contributed by atoms with van der Waals surface area (Å²) in [4.78, 5) is 12.8. The smallest absolute Gasteiger partial charge is 0.409 e. The van der Waals surface area contributed by atoms with Gasteiger partial charge in [-0.25, -0.2) is 9.18 Å². The molecule has 0 spiro atoms. The highest BCUT2D eigenvalue weighted by atomic mass is 19.1. The van der Waals surface area contributed by atoms with E-state index in [-0.39, 0.29) is 18.8 Å². The van der Waals surface area contributed by atoms with Crippen molar-refractivity contribution >= 4 is 6.09 Å². The van der Waals surface area contributed by atoms with Gasteiger partial charge in [0, 0.05) is 13.6 Å². The molecule has 1 rings (SSSR count). The molecule has 0 atom stereocenters. The molecule has 1 aromatic rings. The van der Waals surface area contributed by atoms with Crippen LogP contribution in [0.5, 0.6) is 5.75 Å². The lowest BCUT2D eigenvalue weighted by molar-refractivity contribution is 0.105. The molecule has 0 saturated carbocycles. The number of amides is 1. The predicted molar refractivity (Wildman–Crippen MR) is 66.0 cm³/mol. The molecule has 0 N–H and O–H groups in total. The van der Waals surface area contributed by atoms with Crippen LogP contribution in [0.15, 0.2) is 18.2 Å². The summed E-state index contributed by atoms with van der Waals surface area (Å²) < 4.78 is 23.2. The summed E-state index contributed by atoms with van der Waals surface area (Å²) in [7, 11) is 2.91. The van der Waals surface area contributed by atoms with E-state index >= 15 is 0 Å². The number of carbonyl (C=O) groups excluding carboxylic acids is 1. The Hall–Kier alpha value is -2.29. The Morgan fingerprint density at radius 3 is 2.84 bits per heavy atom. The van der Waals surface area contributed by atoms with E-state index in [4.69, 9.17) is 14.7 Å². The number of nitriles is 1. The first kappa shape index (κ1) is 14.8. The van der Waals surface area contributed by atoms with E-state index in [1.54, 1.807) is 6.07 Å². The molecule has 0 aliphatic rings. The van der Waals surface area contributed by atoms with Gasteiger partial charge in [0.2, 0.25) is 0 Å². The van der Waals surface area contributed by atoms with Gasteiger partial charge < -0.3 is 14.4 Å². The van der Waals surface area contributed by atoms with Crippen molar-refractivity contribution in [2.75, 3.05) is 20.7 Å². The second-order valence-corrected chi connectivity index (χ2v) is 3.85. The van der Waals surface area contributed by atoms with Crippen molar-refractivity contribution in [3.05, 3.63) is 29.6 Å². The number of halogens is 1. The van der Waals surface area contributed by atoms with Gasteiger partial charge in [-0.2, -0.15) is 5.26 Å². The lowest BCUT2D eigenvalue weighted by atomic mass is 10.2. The normalized spacial score (nSPS) is 9.58. The third-order valence-corrected chi connectivity index (χ3v) is 2.45. The maximum absolute atomic E-state index is 13.4. The zero-order valence-electron chi connectivity index (χ0n) is 10.9. The third kappa shape index (κ3) is 4.47. The highest BCUT2D eigenvalue weighted by molar-refractivity contribution is 5.67. The van der Waals surface area contributed by atoms with Crippen LogP contribution in [0.4, 0.5) is 9.18 Å². The Balaban J connectivity index is 2.50. The lowest BCUT2D eigenvalue weighted by Gasteiger charge is -2.15. The van der Waals surface area contributed by atoms with Crippen molar-refractivity contribution in [3.63, 3.8) is 0 Å². The Morgan fingerprint density at radius 2 is 2.26 bits per heavy atom. The lowest BCUT2D eigenvalue weighted by Crippen LogP contribution is -2.28. The number of hydrogen-bond donors (Lipinski definition) is 0. The third-order valence-electron chi connectivity index (χ3n) is 2.45. The van der Waals surface area contributed by atoms with Crippen LogP contribution in [0.2, 0.25) is 0 Å². The van der Waals surface area contributed by atoms with Crippen molar-refractivity contribution in [3.8, 4) is 11.8 Å². The fraction of sp³-hybridized carbons (Fsp3) is 0.385. The molecule has 102 valence electrons. The second kappa shape index (κ2) is 7.21. The van der Waals surface area contributed by atoms with Gasteiger partial charge in [-0.1, -0.05) is 6.07 Å². The number of carbonyl (C=O) groups is 1. The summed E-state index contributed by atoms with van der Waals surface area (Å²) in [6, 6.07) is 6.27. The van der Waals surface area contributed by atoms with Crippen LogP contribution >= 0.6 is 0 Å². The molecule has 0 saturated heterocycles. The van der Waals surface area contributed by atoms with Crippen molar-refractivity contribution in [2.45, 2.75) is 13.0 Å². The molecule has 0 heterocycles. The van der Waals surface area contributed by atoms with E-state index in [0.29, 0.717) is 12.1 Å². The van der Waals surface area contributed by atoms with Gasteiger partial charge in [0.05, 0.1) is 19.6 Å². The first-order valence-electron chi connectivity index (χ1n) is 5.65. The zero-order valence-corrected chi connectivity index (χ0v) is 10.9. The maximum Gasteiger partial charge on any atom is 0.409 e. The molecule has 0 aromatic heterocycles. The first-order chi connectivity index (χ1) is 9.08. The topological polar surface area (TPSA) is 62.6 Å². The summed E-state index contributed by atoms with van der Waals surface area (Å²) in [5.41, 5.74) is 0.528. The highest BCUT2D eigenvalue weighted by Crippen LogP contribution is 2.18. The second-order valence-electron chi connectivity index (χ2n) is 3.85. The zero-order chi connectivity index (χ0) is 14.3. The molecule has 0 unspecified atom stereocenters. The van der Waals surface area contributed by atoms with Crippen LogP contribution in [0, 0.1) is 17.1 Å². The Morgan fingerprint density at radius 1 is 1.53 bits per heavy atom. The first-order valence-corrected chi connectivity index (χ1v) is 5.65. The molecule has 1 amide bonds. The molecule has 0 bridgehead atoms. The van der Waals surface area contributed by atoms with Gasteiger partial charge in [0.15, 0.2) is 11.6 Å². The van der Waals surface area contributed by atoms with Gasteiger partial charge in [-0.15, -0.1) is 0 Å². The maximum atomic E-state index is 13.4. The fourth-order valence-corrected chi connectivity index (χ4v) is 1.36. The molecule has 6 heteroatoms. The number of ether oxygens (including phenoxy) is 2. The van der Waals surface area contributed by atoms with Crippen molar-refractivity contribution < 1.29 is 18.7 Å². The van der Waals surface area contributed by atoms with Gasteiger partial charge >= 0.3 is 6.09 Å². The number of hydrogen-bond acceptors (Lipinski definition) is 4. The molecular formula is C13H15FN2O3. The average Bonchev–Trinajstić information content (AvgIpc) is 2.42.